The summed E-state index contributed by atoms with van der Waals surface area (Å²) in [6.45, 7) is 8.47. The molecular formula is C24H34N2O2. The number of benzene rings is 2. The Morgan fingerprint density at radius 3 is 2.14 bits per heavy atom. The Hall–Kier alpha value is -1.88. The summed E-state index contributed by atoms with van der Waals surface area (Å²) in [5, 5.41) is 13.5. The summed E-state index contributed by atoms with van der Waals surface area (Å²) in [7, 11) is 0. The number of rotatable bonds is 10. The third-order valence-corrected chi connectivity index (χ3v) is 5.52. The van der Waals surface area contributed by atoms with Gasteiger partial charge in [0.1, 0.15) is 12.6 Å². The molecule has 1 fully saturated rings. The van der Waals surface area contributed by atoms with E-state index in [-0.39, 0.29) is 10.7 Å². The Balaban J connectivity index is 1.79. The molecule has 28 heavy (non-hydrogen) atoms. The number of likely N-dealkylation sites (tertiary alicyclic amines) is 1. The zero-order valence-corrected chi connectivity index (χ0v) is 17.3. The van der Waals surface area contributed by atoms with Crippen molar-refractivity contribution in [3.05, 3.63) is 71.4 Å². The summed E-state index contributed by atoms with van der Waals surface area (Å²) >= 11 is 0. The van der Waals surface area contributed by atoms with Gasteiger partial charge in [0.15, 0.2) is 0 Å². The van der Waals surface area contributed by atoms with E-state index in [2.05, 4.69) is 67.3 Å². The predicted octanol–water partition coefficient (Wildman–Crippen LogP) is 4.84. The van der Waals surface area contributed by atoms with Crippen molar-refractivity contribution < 1.29 is 9.38 Å². The Labute approximate surface area is 169 Å². The van der Waals surface area contributed by atoms with E-state index in [0.29, 0.717) is 38.8 Å². The SMILES string of the molecule is CC(C)COCC(CN(Cc1ccccc1)c1ccccc1)[N+]1([O-])CCCC1. The van der Waals surface area contributed by atoms with Crippen molar-refractivity contribution in [2.75, 3.05) is 37.7 Å². The molecule has 1 aliphatic rings. The van der Waals surface area contributed by atoms with Crippen molar-refractivity contribution in [1.29, 1.82) is 0 Å². The van der Waals surface area contributed by atoms with Crippen LogP contribution >= 0.6 is 0 Å². The monoisotopic (exact) mass is 382 g/mol. The number of nitrogens with zero attached hydrogens (tertiary/aromatic N) is 2. The van der Waals surface area contributed by atoms with Crippen LogP contribution in [0.5, 0.6) is 0 Å². The standard InChI is InChI=1S/C24H34N2O2/c1-21(2)19-28-20-24(26(27)15-9-10-16-26)18-25(23-13-7-4-8-14-23)17-22-11-5-3-6-12-22/h3-8,11-14,21,24H,9-10,15-20H2,1-2H3. The number of para-hydroxylation sites is 1. The van der Waals surface area contributed by atoms with E-state index in [9.17, 15) is 5.21 Å². The van der Waals surface area contributed by atoms with Crippen LogP contribution in [-0.4, -0.2) is 43.5 Å². The van der Waals surface area contributed by atoms with Crippen molar-refractivity contribution in [1.82, 2.24) is 0 Å². The van der Waals surface area contributed by atoms with Crippen LogP contribution in [0.25, 0.3) is 0 Å². The van der Waals surface area contributed by atoms with Gasteiger partial charge in [-0.3, -0.25) is 0 Å². The summed E-state index contributed by atoms with van der Waals surface area (Å²) in [5.74, 6) is 0.480. The van der Waals surface area contributed by atoms with Gasteiger partial charge < -0.3 is 19.5 Å². The molecule has 0 amide bonds. The van der Waals surface area contributed by atoms with Crippen molar-refractivity contribution in [2.24, 2.45) is 5.92 Å². The fourth-order valence-electron chi connectivity index (χ4n) is 3.97. The van der Waals surface area contributed by atoms with Crippen molar-refractivity contribution in [3.63, 3.8) is 0 Å². The van der Waals surface area contributed by atoms with E-state index in [1.807, 2.05) is 12.1 Å². The summed E-state index contributed by atoms with van der Waals surface area (Å²) in [6.07, 6.45) is 2.04. The molecule has 4 heteroatoms. The summed E-state index contributed by atoms with van der Waals surface area (Å²) in [6, 6.07) is 20.9. The van der Waals surface area contributed by atoms with Crippen LogP contribution < -0.4 is 4.90 Å². The molecule has 1 heterocycles. The molecule has 1 unspecified atom stereocenters. The molecule has 0 saturated carbocycles. The van der Waals surface area contributed by atoms with Crippen molar-refractivity contribution in [3.8, 4) is 0 Å². The third-order valence-electron chi connectivity index (χ3n) is 5.52. The quantitative estimate of drug-likeness (QED) is 0.436. The van der Waals surface area contributed by atoms with Gasteiger partial charge in [0.25, 0.3) is 0 Å². The number of hydrogen-bond donors (Lipinski definition) is 0. The zero-order valence-electron chi connectivity index (χ0n) is 17.3. The van der Waals surface area contributed by atoms with Gasteiger partial charge >= 0.3 is 0 Å². The summed E-state index contributed by atoms with van der Waals surface area (Å²) < 4.78 is 5.86. The number of quaternary nitrogens is 1. The van der Waals surface area contributed by atoms with Crippen LogP contribution in [0.2, 0.25) is 0 Å². The number of hydroxylamine groups is 3. The summed E-state index contributed by atoms with van der Waals surface area (Å²) in [5.41, 5.74) is 2.41. The highest BCUT2D eigenvalue weighted by atomic mass is 16.6. The lowest BCUT2D eigenvalue weighted by Gasteiger charge is -2.47. The van der Waals surface area contributed by atoms with Gasteiger partial charge in [0.2, 0.25) is 0 Å². The normalized spacial score (nSPS) is 17.0. The third kappa shape index (κ3) is 5.81. The second-order valence-electron chi connectivity index (χ2n) is 8.39. The van der Waals surface area contributed by atoms with Crippen molar-refractivity contribution in [2.45, 2.75) is 39.3 Å². The first-order valence-electron chi connectivity index (χ1n) is 10.6. The maximum atomic E-state index is 13.5. The highest BCUT2D eigenvalue weighted by Gasteiger charge is 2.34. The Morgan fingerprint density at radius 1 is 0.929 bits per heavy atom. The molecule has 1 saturated heterocycles. The van der Waals surface area contributed by atoms with E-state index < -0.39 is 0 Å². The molecule has 1 atom stereocenters. The second kappa shape index (κ2) is 10.1. The first kappa shape index (κ1) is 20.8. The lowest BCUT2D eigenvalue weighted by Crippen LogP contribution is -2.55. The number of anilines is 1. The van der Waals surface area contributed by atoms with Crippen LogP contribution in [0.3, 0.4) is 0 Å². The Kier molecular flexibility index (Phi) is 7.49. The summed E-state index contributed by atoms with van der Waals surface area (Å²) in [4.78, 5) is 2.34. The zero-order chi connectivity index (χ0) is 19.8. The molecule has 1 aliphatic heterocycles. The number of ether oxygens (including phenoxy) is 1. The Morgan fingerprint density at radius 2 is 1.54 bits per heavy atom. The van der Waals surface area contributed by atoms with Gasteiger partial charge in [-0.25, -0.2) is 0 Å². The van der Waals surface area contributed by atoms with E-state index >= 15 is 0 Å². The van der Waals surface area contributed by atoms with Crippen LogP contribution in [-0.2, 0) is 11.3 Å². The largest absolute Gasteiger partial charge is 0.632 e. The van der Waals surface area contributed by atoms with Crippen molar-refractivity contribution >= 4 is 5.69 Å². The first-order chi connectivity index (χ1) is 13.6. The molecule has 3 rings (SSSR count). The lowest BCUT2D eigenvalue weighted by molar-refractivity contribution is -0.892. The predicted molar refractivity (Wildman–Crippen MR) is 116 cm³/mol. The average Bonchev–Trinajstić information content (AvgIpc) is 3.15. The van der Waals surface area contributed by atoms with Gasteiger partial charge in [-0.15, -0.1) is 0 Å². The minimum absolute atomic E-state index is 0.0647. The van der Waals surface area contributed by atoms with E-state index in [4.69, 9.17) is 4.74 Å². The first-order valence-corrected chi connectivity index (χ1v) is 10.6. The fraction of sp³-hybridized carbons (Fsp3) is 0.500. The van der Waals surface area contributed by atoms with E-state index in [1.165, 1.54) is 5.56 Å². The van der Waals surface area contributed by atoms with Gasteiger partial charge in [0, 0.05) is 31.7 Å². The fourth-order valence-corrected chi connectivity index (χ4v) is 3.97. The van der Waals surface area contributed by atoms with Crippen LogP contribution in [0.15, 0.2) is 60.7 Å². The molecule has 4 nitrogen and oxygen atoms in total. The molecule has 0 bridgehead atoms. The lowest BCUT2D eigenvalue weighted by atomic mass is 10.1. The van der Waals surface area contributed by atoms with E-state index in [1.54, 1.807) is 0 Å². The minimum Gasteiger partial charge on any atom is -0.632 e. The highest BCUT2D eigenvalue weighted by molar-refractivity contribution is 5.46. The molecule has 2 aromatic carbocycles. The van der Waals surface area contributed by atoms with Gasteiger partial charge in [0.05, 0.1) is 19.6 Å². The molecule has 152 valence electrons. The smallest absolute Gasteiger partial charge is 0.130 e. The Bertz CT molecular complexity index is 684. The van der Waals surface area contributed by atoms with Crippen LogP contribution in [0.4, 0.5) is 5.69 Å². The maximum Gasteiger partial charge on any atom is 0.130 e. The highest BCUT2D eigenvalue weighted by Crippen LogP contribution is 2.26. The maximum absolute atomic E-state index is 13.5. The molecule has 2 aromatic rings. The van der Waals surface area contributed by atoms with E-state index in [0.717, 1.165) is 25.1 Å². The number of hydrogen-bond acceptors (Lipinski definition) is 3. The molecule has 0 N–H and O–H groups in total. The second-order valence-corrected chi connectivity index (χ2v) is 8.39. The van der Waals surface area contributed by atoms with Crippen LogP contribution in [0, 0.1) is 11.1 Å². The molecule has 0 radical (unpaired) electrons. The average molecular weight is 383 g/mol. The van der Waals surface area contributed by atoms with Crippen LogP contribution in [0.1, 0.15) is 32.3 Å². The molecular weight excluding hydrogens is 348 g/mol. The topological polar surface area (TPSA) is 35.5 Å². The molecule has 0 aliphatic carbocycles. The van der Waals surface area contributed by atoms with Gasteiger partial charge in [-0.1, -0.05) is 62.4 Å². The van der Waals surface area contributed by atoms with Gasteiger partial charge in [-0.05, 0) is 23.6 Å². The molecule has 0 spiro atoms. The molecule has 0 aromatic heterocycles. The minimum atomic E-state index is -0.115. The van der Waals surface area contributed by atoms with Gasteiger partial charge in [-0.2, -0.15) is 0 Å².